The molecule has 1 N–H and O–H groups in total. The van der Waals surface area contributed by atoms with E-state index in [0.29, 0.717) is 24.3 Å². The summed E-state index contributed by atoms with van der Waals surface area (Å²) in [4.78, 5) is 43.2. The van der Waals surface area contributed by atoms with Crippen molar-refractivity contribution < 1.29 is 33.7 Å². The van der Waals surface area contributed by atoms with Crippen LogP contribution in [-0.2, 0) is 23.9 Å². The smallest absolute Gasteiger partial charge is 0.312 e. The Balaban J connectivity index is 1.73. The van der Waals surface area contributed by atoms with Crippen LogP contribution < -0.4 is 9.64 Å². The van der Waals surface area contributed by atoms with Crippen LogP contribution in [0.3, 0.4) is 0 Å². The molecule has 2 bridgehead atoms. The lowest BCUT2D eigenvalue weighted by Crippen LogP contribution is -2.56. The number of aliphatic hydroxyl groups is 1. The molecule has 178 valence electrons. The van der Waals surface area contributed by atoms with Crippen LogP contribution >= 0.6 is 0 Å². The number of carbonyl (C=O) groups excluding carboxylic acids is 3. The van der Waals surface area contributed by atoms with Crippen molar-refractivity contribution in [2.24, 2.45) is 11.8 Å². The number of likely N-dealkylation sites (tertiary alicyclic amines) is 1. The van der Waals surface area contributed by atoms with Gasteiger partial charge in [-0.1, -0.05) is 6.08 Å². The van der Waals surface area contributed by atoms with E-state index in [1.165, 1.54) is 4.90 Å². The van der Waals surface area contributed by atoms with Gasteiger partial charge in [-0.15, -0.1) is 6.58 Å². The number of carbonyl (C=O) groups is 3. The summed E-state index contributed by atoms with van der Waals surface area (Å²) in [6.45, 7) is 5.57. The first kappa shape index (κ1) is 23.3. The van der Waals surface area contributed by atoms with E-state index in [4.69, 9.17) is 14.2 Å². The van der Waals surface area contributed by atoms with Crippen LogP contribution in [0.15, 0.2) is 36.9 Å². The standard InChI is InChI=1S/C24H30N2O7/c1-4-12-25(15-6-8-16(31-3)9-7-15)22(29)20-24-11-10-17(33-24)18(23(30)32-5-2)19(24)21(28)26(20)13-14-27/h4,6-9,17-20,27H,1,5,10-14H2,2-3H3/t17-,18+,19+,20-,24+/m0/s1. The van der Waals surface area contributed by atoms with E-state index < -0.39 is 35.6 Å². The number of aliphatic hydroxyl groups excluding tert-OH is 1. The molecule has 33 heavy (non-hydrogen) atoms. The third kappa shape index (κ3) is 3.59. The summed E-state index contributed by atoms with van der Waals surface area (Å²) < 4.78 is 16.8. The van der Waals surface area contributed by atoms with Crippen LogP contribution in [0.5, 0.6) is 5.75 Å². The summed E-state index contributed by atoms with van der Waals surface area (Å²) in [5.74, 6) is -2.07. The number of rotatable bonds is 9. The van der Waals surface area contributed by atoms with Gasteiger partial charge in [0.1, 0.15) is 17.4 Å². The third-order valence-electron chi connectivity index (χ3n) is 6.90. The van der Waals surface area contributed by atoms with Crippen LogP contribution in [0.1, 0.15) is 19.8 Å². The summed E-state index contributed by atoms with van der Waals surface area (Å²) in [5, 5.41) is 9.67. The molecule has 1 aromatic carbocycles. The van der Waals surface area contributed by atoms with Crippen molar-refractivity contribution in [2.75, 3.05) is 38.3 Å². The molecule has 5 atom stereocenters. The highest BCUT2D eigenvalue weighted by Gasteiger charge is 2.75. The first-order chi connectivity index (χ1) is 15.9. The van der Waals surface area contributed by atoms with E-state index in [1.807, 2.05) is 0 Å². The Morgan fingerprint density at radius 2 is 2.09 bits per heavy atom. The monoisotopic (exact) mass is 458 g/mol. The lowest BCUT2D eigenvalue weighted by Gasteiger charge is -2.36. The lowest BCUT2D eigenvalue weighted by molar-refractivity contribution is -0.154. The van der Waals surface area contributed by atoms with Crippen LogP contribution in [0, 0.1) is 11.8 Å². The van der Waals surface area contributed by atoms with Crippen LogP contribution in [0.4, 0.5) is 5.69 Å². The minimum absolute atomic E-state index is 0.0262. The fraction of sp³-hybridized carbons (Fsp3) is 0.542. The molecule has 0 unspecified atom stereocenters. The molecule has 1 aromatic rings. The molecule has 0 saturated carbocycles. The number of nitrogens with zero attached hydrogens (tertiary/aromatic N) is 2. The molecule has 3 aliphatic heterocycles. The van der Waals surface area contributed by atoms with Gasteiger partial charge in [-0.05, 0) is 44.0 Å². The van der Waals surface area contributed by atoms with Gasteiger partial charge >= 0.3 is 5.97 Å². The van der Waals surface area contributed by atoms with Gasteiger partial charge < -0.3 is 29.1 Å². The highest BCUT2D eigenvalue weighted by Crippen LogP contribution is 2.58. The van der Waals surface area contributed by atoms with Crippen LogP contribution in [0.2, 0.25) is 0 Å². The maximum Gasteiger partial charge on any atom is 0.312 e. The summed E-state index contributed by atoms with van der Waals surface area (Å²) >= 11 is 0. The second kappa shape index (κ2) is 9.15. The van der Waals surface area contributed by atoms with E-state index in [2.05, 4.69) is 6.58 Å². The van der Waals surface area contributed by atoms with Gasteiger partial charge in [-0.25, -0.2) is 0 Å². The number of benzene rings is 1. The van der Waals surface area contributed by atoms with Gasteiger partial charge in [0.15, 0.2) is 0 Å². The molecule has 0 aliphatic carbocycles. The highest BCUT2D eigenvalue weighted by atomic mass is 16.6. The van der Waals surface area contributed by atoms with Crippen molar-refractivity contribution in [3.8, 4) is 5.75 Å². The number of amides is 2. The predicted octanol–water partition coefficient (Wildman–Crippen LogP) is 1.14. The lowest BCUT2D eigenvalue weighted by atomic mass is 9.70. The summed E-state index contributed by atoms with van der Waals surface area (Å²) in [6, 6.07) is 6.06. The second-order valence-electron chi connectivity index (χ2n) is 8.50. The van der Waals surface area contributed by atoms with E-state index in [0.717, 1.165) is 0 Å². The molecule has 3 heterocycles. The maximum atomic E-state index is 14.0. The molecule has 3 aliphatic rings. The molecule has 3 fully saturated rings. The fourth-order valence-corrected chi connectivity index (χ4v) is 5.65. The normalized spacial score (nSPS) is 29.7. The molecule has 4 rings (SSSR count). The molecule has 3 saturated heterocycles. The summed E-state index contributed by atoms with van der Waals surface area (Å²) in [5.41, 5.74) is -0.511. The van der Waals surface area contributed by atoms with Crippen molar-refractivity contribution in [3.05, 3.63) is 36.9 Å². The van der Waals surface area contributed by atoms with Crippen molar-refractivity contribution in [1.82, 2.24) is 4.90 Å². The van der Waals surface area contributed by atoms with Gasteiger partial charge in [-0.3, -0.25) is 14.4 Å². The molecule has 9 nitrogen and oxygen atoms in total. The Labute approximate surface area is 192 Å². The minimum Gasteiger partial charge on any atom is -0.497 e. The number of methoxy groups -OCH3 is 1. The fourth-order valence-electron chi connectivity index (χ4n) is 5.65. The maximum absolute atomic E-state index is 14.0. The zero-order valence-electron chi connectivity index (χ0n) is 18.9. The molecule has 0 aromatic heterocycles. The number of hydrogen-bond donors (Lipinski definition) is 1. The molecule has 1 spiro atoms. The Hall–Kier alpha value is -2.91. The van der Waals surface area contributed by atoms with Crippen LogP contribution in [0.25, 0.3) is 0 Å². The number of anilines is 1. The van der Waals surface area contributed by atoms with Crippen molar-refractivity contribution in [1.29, 1.82) is 0 Å². The SMILES string of the molecule is C=CCN(C(=O)[C@@H]1N(CCO)C(=O)[C@H]2[C@H](C(=O)OCC)[C@@H]3CC[C@]12O3)c1ccc(OC)cc1. The number of ether oxygens (including phenoxy) is 3. The van der Waals surface area contributed by atoms with Crippen LogP contribution in [-0.4, -0.2) is 79.0 Å². The third-order valence-corrected chi connectivity index (χ3v) is 6.90. The van der Waals surface area contributed by atoms with E-state index in [9.17, 15) is 19.5 Å². The Bertz CT molecular complexity index is 933. The van der Waals surface area contributed by atoms with Crippen molar-refractivity contribution >= 4 is 23.5 Å². The number of esters is 1. The molecule has 2 amide bonds. The van der Waals surface area contributed by atoms with E-state index >= 15 is 0 Å². The Morgan fingerprint density at radius 1 is 1.36 bits per heavy atom. The first-order valence-corrected chi connectivity index (χ1v) is 11.3. The average molecular weight is 459 g/mol. The number of hydrogen-bond acceptors (Lipinski definition) is 7. The van der Waals surface area contributed by atoms with Gasteiger partial charge in [0.25, 0.3) is 5.91 Å². The van der Waals surface area contributed by atoms with Gasteiger partial charge in [0.05, 0.1) is 38.3 Å². The van der Waals surface area contributed by atoms with Gasteiger partial charge in [-0.2, -0.15) is 0 Å². The Kier molecular flexibility index (Phi) is 6.45. The first-order valence-electron chi connectivity index (χ1n) is 11.3. The minimum atomic E-state index is -1.13. The van der Waals surface area contributed by atoms with Crippen molar-refractivity contribution in [3.63, 3.8) is 0 Å². The molecule has 9 heteroatoms. The largest absolute Gasteiger partial charge is 0.497 e. The van der Waals surface area contributed by atoms with Crippen molar-refractivity contribution in [2.45, 2.75) is 37.5 Å². The number of β-amino-alcohol motifs (C(OH)–C–C–N with tert-alkyl or cyclic N) is 1. The van der Waals surface area contributed by atoms with E-state index in [1.54, 1.807) is 49.3 Å². The molecule has 0 radical (unpaired) electrons. The molecular formula is C24H30N2O7. The highest BCUT2D eigenvalue weighted by molar-refractivity contribution is 6.04. The molecular weight excluding hydrogens is 428 g/mol. The zero-order chi connectivity index (χ0) is 23.8. The topological polar surface area (TPSA) is 106 Å². The summed E-state index contributed by atoms with van der Waals surface area (Å²) in [7, 11) is 1.56. The zero-order valence-corrected chi connectivity index (χ0v) is 18.9. The summed E-state index contributed by atoms with van der Waals surface area (Å²) in [6.07, 6.45) is 2.19. The van der Waals surface area contributed by atoms with E-state index in [-0.39, 0.29) is 38.1 Å². The second-order valence-corrected chi connectivity index (χ2v) is 8.50. The van der Waals surface area contributed by atoms with Gasteiger partial charge in [0, 0.05) is 18.8 Å². The number of fused-ring (bicyclic) bond motifs is 1. The van der Waals surface area contributed by atoms with Gasteiger partial charge in [0.2, 0.25) is 5.91 Å². The predicted molar refractivity (Wildman–Crippen MR) is 119 cm³/mol. The average Bonchev–Trinajstić information content (AvgIpc) is 3.45. The quantitative estimate of drug-likeness (QED) is 0.437. The Morgan fingerprint density at radius 3 is 2.70 bits per heavy atom.